The fourth-order valence-electron chi connectivity index (χ4n) is 1.86. The number of benzene rings is 2. The molecule has 0 radical (unpaired) electrons. The van der Waals surface area contributed by atoms with Gasteiger partial charge in [0.1, 0.15) is 5.82 Å². The summed E-state index contributed by atoms with van der Waals surface area (Å²) in [6.07, 6.45) is 0. The van der Waals surface area contributed by atoms with Crippen LogP contribution in [-0.4, -0.2) is 5.75 Å². The van der Waals surface area contributed by atoms with E-state index < -0.39 is 0 Å². The predicted octanol–water partition coefficient (Wildman–Crippen LogP) is 4.69. The number of aryl methyl sites for hydroxylation is 1. The molecule has 0 fully saturated rings. The Morgan fingerprint density at radius 2 is 1.89 bits per heavy atom. The average Bonchev–Trinajstić information content (AvgIpc) is 2.37. The fourth-order valence-corrected chi connectivity index (χ4v) is 3.01. The van der Waals surface area contributed by atoms with Gasteiger partial charge in [-0.2, -0.15) is 0 Å². The summed E-state index contributed by atoms with van der Waals surface area (Å²) in [4.78, 5) is 1.18. The van der Waals surface area contributed by atoms with E-state index in [9.17, 15) is 4.39 Å². The molecular weight excluding hydrogens is 325 g/mol. The first kappa shape index (κ1) is 14.6. The molecule has 19 heavy (non-hydrogen) atoms. The molecule has 0 aliphatic rings. The SMILES string of the molecule is Cc1cc(F)ccc1C(N)CSc1ccc(Br)cc1. The van der Waals surface area contributed by atoms with E-state index in [-0.39, 0.29) is 11.9 Å². The van der Waals surface area contributed by atoms with E-state index in [0.29, 0.717) is 0 Å². The molecule has 0 aromatic heterocycles. The Kier molecular flexibility index (Phi) is 5.02. The largest absolute Gasteiger partial charge is 0.323 e. The number of hydrogen-bond acceptors (Lipinski definition) is 2. The summed E-state index contributed by atoms with van der Waals surface area (Å²) in [6, 6.07) is 12.8. The van der Waals surface area contributed by atoms with Crippen molar-refractivity contribution >= 4 is 27.7 Å². The van der Waals surface area contributed by atoms with Crippen molar-refractivity contribution in [3.05, 3.63) is 63.9 Å². The van der Waals surface area contributed by atoms with E-state index in [1.807, 2.05) is 19.1 Å². The lowest BCUT2D eigenvalue weighted by Gasteiger charge is -2.14. The van der Waals surface area contributed by atoms with Gasteiger partial charge < -0.3 is 5.73 Å². The van der Waals surface area contributed by atoms with E-state index >= 15 is 0 Å². The van der Waals surface area contributed by atoms with Gasteiger partial charge in [0.2, 0.25) is 0 Å². The van der Waals surface area contributed by atoms with Crippen molar-refractivity contribution in [3.8, 4) is 0 Å². The van der Waals surface area contributed by atoms with Crippen LogP contribution in [0.5, 0.6) is 0 Å². The number of halogens is 2. The Morgan fingerprint density at radius 1 is 1.21 bits per heavy atom. The maximum Gasteiger partial charge on any atom is 0.123 e. The monoisotopic (exact) mass is 339 g/mol. The lowest BCUT2D eigenvalue weighted by Crippen LogP contribution is -2.14. The zero-order chi connectivity index (χ0) is 13.8. The summed E-state index contributed by atoms with van der Waals surface area (Å²) in [5.41, 5.74) is 8.08. The van der Waals surface area contributed by atoms with Crippen LogP contribution in [0, 0.1) is 12.7 Å². The lowest BCUT2D eigenvalue weighted by atomic mass is 10.0. The van der Waals surface area contributed by atoms with Crippen LogP contribution < -0.4 is 5.73 Å². The molecule has 0 aliphatic carbocycles. The molecule has 2 N–H and O–H groups in total. The van der Waals surface area contributed by atoms with Crippen LogP contribution in [0.15, 0.2) is 51.8 Å². The van der Waals surface area contributed by atoms with E-state index in [1.54, 1.807) is 17.8 Å². The van der Waals surface area contributed by atoms with Crippen molar-refractivity contribution in [2.75, 3.05) is 5.75 Å². The van der Waals surface area contributed by atoms with Gasteiger partial charge in [-0.25, -0.2) is 4.39 Å². The molecule has 0 saturated heterocycles. The molecule has 4 heteroatoms. The topological polar surface area (TPSA) is 26.0 Å². The van der Waals surface area contributed by atoms with Gasteiger partial charge in [0, 0.05) is 21.2 Å². The zero-order valence-electron chi connectivity index (χ0n) is 10.6. The molecule has 2 aromatic carbocycles. The van der Waals surface area contributed by atoms with E-state index in [4.69, 9.17) is 5.73 Å². The molecule has 0 heterocycles. The minimum atomic E-state index is -0.214. The summed E-state index contributed by atoms with van der Waals surface area (Å²) >= 11 is 5.11. The van der Waals surface area contributed by atoms with Crippen LogP contribution in [0.2, 0.25) is 0 Å². The maximum atomic E-state index is 13.0. The summed E-state index contributed by atoms with van der Waals surface area (Å²) in [6.45, 7) is 1.89. The van der Waals surface area contributed by atoms with Gasteiger partial charge in [-0.15, -0.1) is 11.8 Å². The Morgan fingerprint density at radius 3 is 2.53 bits per heavy atom. The van der Waals surface area contributed by atoms with Gasteiger partial charge in [0.25, 0.3) is 0 Å². The van der Waals surface area contributed by atoms with E-state index in [1.165, 1.54) is 17.0 Å². The number of hydrogen-bond donors (Lipinski definition) is 1. The van der Waals surface area contributed by atoms with E-state index in [0.717, 1.165) is 21.4 Å². The Hall–Kier alpha value is -0.840. The quantitative estimate of drug-likeness (QED) is 0.817. The van der Waals surface area contributed by atoms with Gasteiger partial charge in [-0.3, -0.25) is 0 Å². The third kappa shape index (κ3) is 4.06. The summed E-state index contributed by atoms with van der Waals surface area (Å²) < 4.78 is 14.1. The maximum absolute atomic E-state index is 13.0. The number of thioether (sulfide) groups is 1. The van der Waals surface area contributed by atoms with Gasteiger partial charge in [0.15, 0.2) is 0 Å². The van der Waals surface area contributed by atoms with E-state index in [2.05, 4.69) is 28.1 Å². The highest BCUT2D eigenvalue weighted by Crippen LogP contribution is 2.26. The molecule has 0 spiro atoms. The van der Waals surface area contributed by atoms with Crippen LogP contribution in [0.1, 0.15) is 17.2 Å². The average molecular weight is 340 g/mol. The van der Waals surface area contributed by atoms with Crippen LogP contribution in [0.25, 0.3) is 0 Å². The smallest absolute Gasteiger partial charge is 0.123 e. The second-order valence-corrected chi connectivity index (χ2v) is 6.38. The van der Waals surface area contributed by atoms with Gasteiger partial charge >= 0.3 is 0 Å². The van der Waals surface area contributed by atoms with Crippen molar-refractivity contribution in [1.29, 1.82) is 0 Å². The molecular formula is C15H15BrFNS. The number of rotatable bonds is 4. The molecule has 0 amide bonds. The van der Waals surface area contributed by atoms with Gasteiger partial charge in [-0.05, 0) is 54.4 Å². The Labute approximate surface area is 125 Å². The molecule has 1 unspecified atom stereocenters. The molecule has 0 bridgehead atoms. The minimum Gasteiger partial charge on any atom is -0.323 e. The van der Waals surface area contributed by atoms with Crippen molar-refractivity contribution in [3.63, 3.8) is 0 Å². The molecule has 2 aromatic rings. The minimum absolute atomic E-state index is 0.0887. The molecule has 1 atom stereocenters. The first-order valence-electron chi connectivity index (χ1n) is 5.96. The number of nitrogens with two attached hydrogens (primary N) is 1. The first-order valence-corrected chi connectivity index (χ1v) is 7.74. The standard InChI is InChI=1S/C15H15BrFNS/c1-10-8-12(17)4-7-14(10)15(18)9-19-13-5-2-11(16)3-6-13/h2-8,15H,9,18H2,1H3. The molecule has 100 valence electrons. The fraction of sp³-hybridized carbons (Fsp3) is 0.200. The molecule has 0 aliphatic heterocycles. The van der Waals surface area contributed by atoms with Crippen molar-refractivity contribution in [2.45, 2.75) is 17.9 Å². The highest BCUT2D eigenvalue weighted by molar-refractivity contribution is 9.10. The first-order chi connectivity index (χ1) is 9.06. The molecule has 2 rings (SSSR count). The highest BCUT2D eigenvalue weighted by Gasteiger charge is 2.10. The lowest BCUT2D eigenvalue weighted by molar-refractivity contribution is 0.624. The molecule has 0 saturated carbocycles. The normalized spacial score (nSPS) is 12.4. The molecule has 1 nitrogen and oxygen atoms in total. The predicted molar refractivity (Wildman–Crippen MR) is 82.9 cm³/mol. The van der Waals surface area contributed by atoms with Gasteiger partial charge in [-0.1, -0.05) is 22.0 Å². The zero-order valence-corrected chi connectivity index (χ0v) is 13.0. The highest BCUT2D eigenvalue weighted by atomic mass is 79.9. The second kappa shape index (κ2) is 6.55. The second-order valence-electron chi connectivity index (χ2n) is 4.37. The van der Waals surface area contributed by atoms with Crippen LogP contribution >= 0.6 is 27.7 Å². The van der Waals surface area contributed by atoms with Crippen molar-refractivity contribution in [1.82, 2.24) is 0 Å². The Bertz CT molecular complexity index is 557. The van der Waals surface area contributed by atoms with Crippen LogP contribution in [0.4, 0.5) is 4.39 Å². The summed E-state index contributed by atoms with van der Waals surface area (Å²) in [7, 11) is 0. The third-order valence-electron chi connectivity index (χ3n) is 2.87. The Balaban J connectivity index is 2.01. The van der Waals surface area contributed by atoms with Crippen molar-refractivity contribution < 1.29 is 4.39 Å². The third-order valence-corrected chi connectivity index (χ3v) is 4.53. The van der Waals surface area contributed by atoms with Crippen molar-refractivity contribution in [2.24, 2.45) is 5.73 Å². The van der Waals surface area contributed by atoms with Gasteiger partial charge in [0.05, 0.1) is 0 Å². The van der Waals surface area contributed by atoms with Crippen LogP contribution in [-0.2, 0) is 0 Å². The van der Waals surface area contributed by atoms with Crippen LogP contribution in [0.3, 0.4) is 0 Å². The summed E-state index contributed by atoms with van der Waals surface area (Å²) in [5.74, 6) is 0.558. The summed E-state index contributed by atoms with van der Waals surface area (Å²) in [5, 5.41) is 0.